The van der Waals surface area contributed by atoms with Crippen LogP contribution in [0.3, 0.4) is 0 Å². The van der Waals surface area contributed by atoms with Crippen molar-refractivity contribution in [3.8, 4) is 0 Å². The fourth-order valence-corrected chi connectivity index (χ4v) is 2.12. The highest BCUT2D eigenvalue weighted by Gasteiger charge is 2.37. The van der Waals surface area contributed by atoms with Gasteiger partial charge in [0.25, 0.3) is 11.8 Å². The number of primary amides is 1. The zero-order chi connectivity index (χ0) is 17.9. The maximum absolute atomic E-state index is 13.1. The number of carbonyl (C=O) groups is 2. The van der Waals surface area contributed by atoms with Gasteiger partial charge in [0, 0.05) is 18.8 Å². The maximum atomic E-state index is 13.1. The van der Waals surface area contributed by atoms with Crippen LogP contribution in [0.2, 0.25) is 0 Å². The number of aromatic nitrogens is 2. The zero-order valence-electron chi connectivity index (χ0n) is 13.2. The molecule has 0 saturated heterocycles. The van der Waals surface area contributed by atoms with Crippen molar-refractivity contribution in [3.63, 3.8) is 0 Å². The fourth-order valence-electron chi connectivity index (χ4n) is 2.12. The van der Waals surface area contributed by atoms with Crippen LogP contribution in [0.15, 0.2) is 4.52 Å². The lowest BCUT2D eigenvalue weighted by Crippen LogP contribution is -2.41. The zero-order valence-corrected chi connectivity index (χ0v) is 13.2. The molecule has 1 heterocycles. The van der Waals surface area contributed by atoms with Gasteiger partial charge in [-0.05, 0) is 19.3 Å². The Morgan fingerprint density at radius 1 is 1.50 bits per heavy atom. The fraction of sp³-hybridized carbons (Fsp3) is 0.714. The van der Waals surface area contributed by atoms with E-state index in [0.29, 0.717) is 12.2 Å². The number of hydrogen-bond acceptors (Lipinski definition) is 6. The largest absolute Gasteiger partial charge is 0.381 e. The Bertz CT molecular complexity index is 603. The molecule has 0 unspecified atom stereocenters. The predicted octanol–water partition coefficient (Wildman–Crippen LogP) is 0.776. The van der Waals surface area contributed by atoms with Crippen LogP contribution in [-0.4, -0.2) is 39.0 Å². The third-order valence-electron chi connectivity index (χ3n) is 3.85. The Morgan fingerprint density at radius 2 is 2.17 bits per heavy atom. The highest BCUT2D eigenvalue weighted by molar-refractivity contribution is 5.83. The summed E-state index contributed by atoms with van der Waals surface area (Å²) >= 11 is 0. The molecule has 1 aliphatic rings. The average Bonchev–Trinajstić information content (AvgIpc) is 3.27. The standard InChI is InChI=1S/C14H20F2N4O4/c1-2-8(18-9(21)5-6-14(15,16)13(17)23)10(22)12-19-11(20-24-12)7-3-4-7/h7-8,10,22H,2-6H2,1H3,(H2,17,23)(H,18,21)/t8-,10-/m0/s1. The molecule has 134 valence electrons. The van der Waals surface area contributed by atoms with E-state index in [2.05, 4.69) is 21.2 Å². The molecule has 1 aromatic rings. The second-order valence-corrected chi connectivity index (χ2v) is 5.86. The summed E-state index contributed by atoms with van der Waals surface area (Å²) < 4.78 is 31.2. The molecular formula is C14H20F2N4O4. The van der Waals surface area contributed by atoms with Crippen LogP contribution in [0.5, 0.6) is 0 Å². The maximum Gasteiger partial charge on any atom is 0.324 e. The first-order valence-corrected chi connectivity index (χ1v) is 7.73. The first-order chi connectivity index (χ1) is 11.2. The molecule has 24 heavy (non-hydrogen) atoms. The SMILES string of the molecule is CC[C@H](NC(=O)CCC(F)(F)C(N)=O)[C@H](O)c1nc(C2CC2)no1. The van der Waals surface area contributed by atoms with Gasteiger partial charge < -0.3 is 20.7 Å². The second kappa shape index (κ2) is 7.20. The van der Waals surface area contributed by atoms with E-state index in [1.807, 2.05) is 0 Å². The highest BCUT2D eigenvalue weighted by atomic mass is 19.3. The minimum absolute atomic E-state index is 0.0217. The third-order valence-corrected chi connectivity index (χ3v) is 3.85. The second-order valence-electron chi connectivity index (χ2n) is 5.86. The van der Waals surface area contributed by atoms with Crippen molar-refractivity contribution < 1.29 is 28.0 Å². The van der Waals surface area contributed by atoms with Crippen molar-refractivity contribution in [1.82, 2.24) is 15.5 Å². The number of aliphatic hydroxyl groups is 1. The number of halogens is 2. The van der Waals surface area contributed by atoms with Gasteiger partial charge >= 0.3 is 5.92 Å². The third kappa shape index (κ3) is 4.47. The molecule has 0 aliphatic heterocycles. The van der Waals surface area contributed by atoms with Crippen molar-refractivity contribution >= 4 is 11.8 Å². The van der Waals surface area contributed by atoms with Gasteiger partial charge in [-0.3, -0.25) is 9.59 Å². The molecule has 0 radical (unpaired) electrons. The molecule has 0 aromatic carbocycles. The van der Waals surface area contributed by atoms with E-state index >= 15 is 0 Å². The van der Waals surface area contributed by atoms with Crippen LogP contribution in [-0.2, 0) is 9.59 Å². The molecule has 2 amide bonds. The molecule has 8 nitrogen and oxygen atoms in total. The van der Waals surface area contributed by atoms with Gasteiger partial charge in [0.2, 0.25) is 5.91 Å². The summed E-state index contributed by atoms with van der Waals surface area (Å²) in [7, 11) is 0. The molecule has 0 spiro atoms. The van der Waals surface area contributed by atoms with E-state index in [0.717, 1.165) is 12.8 Å². The summed E-state index contributed by atoms with van der Waals surface area (Å²) in [5.74, 6) is -5.51. The molecule has 4 N–H and O–H groups in total. The van der Waals surface area contributed by atoms with E-state index < -0.39 is 42.7 Å². The minimum Gasteiger partial charge on any atom is -0.381 e. The molecule has 0 bridgehead atoms. The number of rotatable bonds is 9. The van der Waals surface area contributed by atoms with Gasteiger partial charge in [-0.15, -0.1) is 0 Å². The average molecular weight is 346 g/mol. The number of nitrogens with zero attached hydrogens (tertiary/aromatic N) is 2. The Morgan fingerprint density at radius 3 is 2.71 bits per heavy atom. The number of hydrogen-bond donors (Lipinski definition) is 3. The number of amides is 2. The molecule has 2 rings (SSSR count). The summed E-state index contributed by atoms with van der Waals surface area (Å²) in [4.78, 5) is 26.4. The molecular weight excluding hydrogens is 326 g/mol. The van der Waals surface area contributed by atoms with Crippen LogP contribution >= 0.6 is 0 Å². The molecule has 1 aromatic heterocycles. The first kappa shape index (κ1) is 18.2. The van der Waals surface area contributed by atoms with Crippen molar-refractivity contribution in [2.45, 2.75) is 63.0 Å². The Kier molecular flexibility index (Phi) is 5.47. The van der Waals surface area contributed by atoms with E-state index in [4.69, 9.17) is 4.52 Å². The van der Waals surface area contributed by atoms with Gasteiger partial charge in [0.1, 0.15) is 0 Å². The lowest BCUT2D eigenvalue weighted by atomic mass is 10.1. The molecule has 1 fully saturated rings. The Balaban J connectivity index is 1.89. The van der Waals surface area contributed by atoms with Crippen molar-refractivity contribution in [2.75, 3.05) is 0 Å². The minimum atomic E-state index is -3.75. The van der Waals surface area contributed by atoms with Crippen LogP contribution < -0.4 is 11.1 Å². The lowest BCUT2D eigenvalue weighted by Gasteiger charge is -2.20. The quantitative estimate of drug-likeness (QED) is 0.605. The number of nitrogens with two attached hydrogens (primary N) is 1. The van der Waals surface area contributed by atoms with Crippen LogP contribution in [0.4, 0.5) is 8.78 Å². The van der Waals surface area contributed by atoms with E-state index in [1.165, 1.54) is 0 Å². The normalized spacial score (nSPS) is 17.3. The van der Waals surface area contributed by atoms with Crippen LogP contribution in [0.25, 0.3) is 0 Å². The van der Waals surface area contributed by atoms with Gasteiger partial charge in [0.05, 0.1) is 6.04 Å². The van der Waals surface area contributed by atoms with Crippen LogP contribution in [0, 0.1) is 0 Å². The Labute approximate surface area is 136 Å². The molecule has 1 aliphatic carbocycles. The van der Waals surface area contributed by atoms with Gasteiger partial charge in [-0.25, -0.2) is 0 Å². The first-order valence-electron chi connectivity index (χ1n) is 7.73. The number of nitrogens with one attached hydrogen (secondary N) is 1. The summed E-state index contributed by atoms with van der Waals surface area (Å²) in [6.45, 7) is 1.70. The monoisotopic (exact) mass is 346 g/mol. The smallest absolute Gasteiger partial charge is 0.324 e. The predicted molar refractivity (Wildman–Crippen MR) is 76.8 cm³/mol. The Hall–Kier alpha value is -2.10. The summed E-state index contributed by atoms with van der Waals surface area (Å²) in [6.07, 6.45) is -0.576. The summed E-state index contributed by atoms with van der Waals surface area (Å²) in [6, 6.07) is -0.771. The van der Waals surface area contributed by atoms with Gasteiger partial charge in [-0.1, -0.05) is 12.1 Å². The number of carbonyl (C=O) groups excluding carboxylic acids is 2. The van der Waals surface area contributed by atoms with Crippen LogP contribution in [0.1, 0.15) is 62.8 Å². The van der Waals surface area contributed by atoms with Crippen molar-refractivity contribution in [1.29, 1.82) is 0 Å². The summed E-state index contributed by atoms with van der Waals surface area (Å²) in [5.41, 5.74) is 4.55. The van der Waals surface area contributed by atoms with Gasteiger partial charge in [0.15, 0.2) is 11.9 Å². The van der Waals surface area contributed by atoms with Crippen molar-refractivity contribution in [3.05, 3.63) is 11.7 Å². The molecule has 10 heteroatoms. The summed E-state index contributed by atoms with van der Waals surface area (Å²) in [5, 5.41) is 16.4. The lowest BCUT2D eigenvalue weighted by molar-refractivity contribution is -0.144. The van der Waals surface area contributed by atoms with E-state index in [9.17, 15) is 23.5 Å². The van der Waals surface area contributed by atoms with Gasteiger partial charge in [-0.2, -0.15) is 13.8 Å². The van der Waals surface area contributed by atoms with E-state index in [1.54, 1.807) is 6.92 Å². The molecule has 2 atom stereocenters. The topological polar surface area (TPSA) is 131 Å². The number of aliphatic hydroxyl groups excluding tert-OH is 1. The number of alkyl halides is 2. The molecule has 1 saturated carbocycles. The van der Waals surface area contributed by atoms with Crippen molar-refractivity contribution in [2.24, 2.45) is 5.73 Å². The van der Waals surface area contributed by atoms with E-state index in [-0.39, 0.29) is 11.8 Å². The highest BCUT2D eigenvalue weighted by Crippen LogP contribution is 2.38.